The minimum atomic E-state index is -1.92. The van der Waals surface area contributed by atoms with Gasteiger partial charge in [-0.3, -0.25) is 0 Å². The van der Waals surface area contributed by atoms with E-state index in [1.807, 2.05) is 0 Å². The highest BCUT2D eigenvalue weighted by atomic mass is 16.6. The van der Waals surface area contributed by atoms with Crippen LogP contribution in [0.15, 0.2) is 60.7 Å². The van der Waals surface area contributed by atoms with Gasteiger partial charge in [-0.05, 0) is 59.2 Å². The van der Waals surface area contributed by atoms with Crippen LogP contribution in [0.25, 0.3) is 6.08 Å². The SMILES string of the molecule is O=C(C=Cc1ccc(O[C@@H](C(=O)O)[C@@H](O)c2ccc(O)c(O)c2)c(O)c1)O[C@@H](Cc1ccc(O)c(O)c1)C(=O)O. The fraction of sp³-hybridized carbons (Fsp3) is 0.148. The van der Waals surface area contributed by atoms with Gasteiger partial charge in [-0.1, -0.05) is 18.2 Å². The predicted molar refractivity (Wildman–Crippen MR) is 135 cm³/mol. The van der Waals surface area contributed by atoms with Crippen molar-refractivity contribution in [2.24, 2.45) is 0 Å². The minimum absolute atomic E-state index is 0.0814. The number of phenolic OH excluding ortho intramolecular Hbond substituents is 5. The fourth-order valence-electron chi connectivity index (χ4n) is 3.46. The van der Waals surface area contributed by atoms with Crippen molar-refractivity contribution in [1.82, 2.24) is 0 Å². The van der Waals surface area contributed by atoms with Crippen LogP contribution >= 0.6 is 0 Å². The van der Waals surface area contributed by atoms with Gasteiger partial charge in [-0.2, -0.15) is 0 Å². The molecule has 0 radical (unpaired) electrons. The molecule has 40 heavy (non-hydrogen) atoms. The van der Waals surface area contributed by atoms with Gasteiger partial charge in [0, 0.05) is 12.5 Å². The smallest absolute Gasteiger partial charge is 0.348 e. The standard InChI is InChI=1S/C27H24O13/c28-16-5-1-14(10-18(16)30)11-22(26(35)36)39-23(33)8-3-13-2-7-21(20(32)9-13)40-25(27(37)38)24(34)15-4-6-17(29)19(31)12-15/h1-10,12,22,24-25,28-32,34H,11H2,(H,35,36)(H,37,38)/t22-,24-,25+/m0/s1. The molecule has 0 saturated heterocycles. The highest BCUT2D eigenvalue weighted by molar-refractivity contribution is 5.89. The van der Waals surface area contributed by atoms with Crippen LogP contribution in [0.4, 0.5) is 0 Å². The van der Waals surface area contributed by atoms with Gasteiger partial charge in [-0.25, -0.2) is 14.4 Å². The van der Waals surface area contributed by atoms with E-state index in [-0.39, 0.29) is 28.9 Å². The van der Waals surface area contributed by atoms with E-state index < -0.39 is 65.0 Å². The number of hydrogen-bond acceptors (Lipinski definition) is 11. The third kappa shape index (κ3) is 7.33. The van der Waals surface area contributed by atoms with Crippen LogP contribution in [-0.2, 0) is 25.5 Å². The van der Waals surface area contributed by atoms with Crippen molar-refractivity contribution in [2.75, 3.05) is 0 Å². The van der Waals surface area contributed by atoms with Crippen LogP contribution in [0.2, 0.25) is 0 Å². The Balaban J connectivity index is 1.68. The third-order valence-electron chi connectivity index (χ3n) is 5.51. The number of aliphatic hydroxyl groups excluding tert-OH is 1. The second-order valence-corrected chi connectivity index (χ2v) is 8.42. The zero-order valence-electron chi connectivity index (χ0n) is 20.4. The van der Waals surface area contributed by atoms with Crippen LogP contribution in [0, 0.1) is 0 Å². The summed E-state index contributed by atoms with van der Waals surface area (Å²) in [6.07, 6.45) is -3.56. The van der Waals surface area contributed by atoms with Crippen molar-refractivity contribution < 1.29 is 64.7 Å². The lowest BCUT2D eigenvalue weighted by atomic mass is 10.0. The Morgan fingerprint density at radius 1 is 0.750 bits per heavy atom. The van der Waals surface area contributed by atoms with Gasteiger partial charge in [0.2, 0.25) is 12.2 Å². The maximum absolute atomic E-state index is 12.2. The minimum Gasteiger partial charge on any atom is -0.504 e. The summed E-state index contributed by atoms with van der Waals surface area (Å²) in [5.74, 6) is -6.92. The van der Waals surface area contributed by atoms with E-state index in [2.05, 4.69) is 0 Å². The molecule has 0 aromatic heterocycles. The number of carbonyl (C=O) groups excluding carboxylic acids is 1. The molecule has 0 unspecified atom stereocenters. The second-order valence-electron chi connectivity index (χ2n) is 8.42. The number of carboxylic acid groups (broad SMARTS) is 2. The first-order valence-electron chi connectivity index (χ1n) is 11.4. The zero-order chi connectivity index (χ0) is 29.6. The van der Waals surface area contributed by atoms with Crippen molar-refractivity contribution in [3.63, 3.8) is 0 Å². The molecule has 0 bridgehead atoms. The van der Waals surface area contributed by atoms with E-state index in [0.29, 0.717) is 0 Å². The zero-order valence-corrected chi connectivity index (χ0v) is 20.4. The summed E-state index contributed by atoms with van der Waals surface area (Å²) in [5, 5.41) is 77.5. The number of rotatable bonds is 11. The molecule has 3 aromatic carbocycles. The average molecular weight is 556 g/mol. The second kappa shape index (κ2) is 12.4. The molecule has 0 heterocycles. The Kier molecular flexibility index (Phi) is 9.04. The Bertz CT molecular complexity index is 1450. The normalized spacial score (nSPS) is 13.3. The third-order valence-corrected chi connectivity index (χ3v) is 5.51. The summed E-state index contributed by atoms with van der Waals surface area (Å²) in [4.78, 5) is 35.4. The molecule has 3 atom stereocenters. The molecule has 0 aliphatic rings. The lowest BCUT2D eigenvalue weighted by Gasteiger charge is -2.21. The highest BCUT2D eigenvalue weighted by Crippen LogP contribution is 2.33. The van der Waals surface area contributed by atoms with E-state index in [1.54, 1.807) is 0 Å². The van der Waals surface area contributed by atoms with Gasteiger partial charge in [0.05, 0.1) is 0 Å². The largest absolute Gasteiger partial charge is 0.504 e. The van der Waals surface area contributed by atoms with Crippen molar-refractivity contribution in [1.29, 1.82) is 0 Å². The molecule has 0 spiro atoms. The van der Waals surface area contributed by atoms with Crippen LogP contribution in [0.5, 0.6) is 34.5 Å². The van der Waals surface area contributed by atoms with Crippen molar-refractivity contribution in [3.8, 4) is 34.5 Å². The lowest BCUT2D eigenvalue weighted by molar-refractivity contribution is -0.160. The van der Waals surface area contributed by atoms with Gasteiger partial charge in [0.25, 0.3) is 0 Å². The Morgan fingerprint density at radius 3 is 1.98 bits per heavy atom. The summed E-state index contributed by atoms with van der Waals surface area (Å²) in [6.45, 7) is 0. The molecule has 0 saturated carbocycles. The number of aromatic hydroxyl groups is 5. The van der Waals surface area contributed by atoms with E-state index in [9.17, 15) is 55.2 Å². The quantitative estimate of drug-likeness (QED) is 0.0961. The van der Waals surface area contributed by atoms with Crippen LogP contribution < -0.4 is 4.74 Å². The molecule has 13 nitrogen and oxygen atoms in total. The summed E-state index contributed by atoms with van der Waals surface area (Å²) >= 11 is 0. The van der Waals surface area contributed by atoms with Crippen LogP contribution in [0.1, 0.15) is 22.8 Å². The summed E-state index contributed by atoms with van der Waals surface area (Å²) in [7, 11) is 0. The molecule has 0 amide bonds. The van der Waals surface area contributed by atoms with Crippen molar-refractivity contribution in [2.45, 2.75) is 24.7 Å². The molecule has 3 aromatic rings. The van der Waals surface area contributed by atoms with E-state index in [0.717, 1.165) is 42.5 Å². The first kappa shape index (κ1) is 29.1. The van der Waals surface area contributed by atoms with Gasteiger partial charge in [-0.15, -0.1) is 0 Å². The molecule has 0 aliphatic carbocycles. The topological polar surface area (TPSA) is 232 Å². The number of benzene rings is 3. The van der Waals surface area contributed by atoms with Crippen molar-refractivity contribution in [3.05, 3.63) is 77.4 Å². The summed E-state index contributed by atoms with van der Waals surface area (Å²) in [6, 6.07) is 10.4. The number of phenols is 5. The number of carboxylic acids is 2. The number of ether oxygens (including phenoxy) is 2. The molecule has 210 valence electrons. The summed E-state index contributed by atoms with van der Waals surface area (Å²) in [5.41, 5.74) is 0.419. The van der Waals surface area contributed by atoms with Gasteiger partial charge in [0.15, 0.2) is 34.5 Å². The number of esters is 1. The molecular formula is C27H24O13. The van der Waals surface area contributed by atoms with Gasteiger partial charge < -0.3 is 50.3 Å². The van der Waals surface area contributed by atoms with Crippen molar-refractivity contribution >= 4 is 24.0 Å². The number of carbonyl (C=O) groups is 3. The van der Waals surface area contributed by atoms with Crippen LogP contribution in [-0.4, -0.2) is 71.0 Å². The monoisotopic (exact) mass is 556 g/mol. The first-order chi connectivity index (χ1) is 18.8. The fourth-order valence-corrected chi connectivity index (χ4v) is 3.46. The molecule has 8 N–H and O–H groups in total. The first-order valence-corrected chi connectivity index (χ1v) is 11.4. The predicted octanol–water partition coefficient (Wildman–Crippen LogP) is 2.03. The molecular weight excluding hydrogens is 532 g/mol. The maximum Gasteiger partial charge on any atom is 0.348 e. The van der Waals surface area contributed by atoms with E-state index in [4.69, 9.17) is 9.47 Å². The Hall–Kier alpha value is -5.43. The Labute approximate surface area is 225 Å². The maximum atomic E-state index is 12.2. The summed E-state index contributed by atoms with van der Waals surface area (Å²) < 4.78 is 10.2. The Morgan fingerprint density at radius 2 is 1.40 bits per heavy atom. The molecule has 0 aliphatic heterocycles. The number of aliphatic carboxylic acids is 2. The molecule has 0 fully saturated rings. The highest BCUT2D eigenvalue weighted by Gasteiger charge is 2.31. The number of aliphatic hydroxyl groups is 1. The van der Waals surface area contributed by atoms with Gasteiger partial charge in [0.1, 0.15) is 6.10 Å². The van der Waals surface area contributed by atoms with Crippen LogP contribution in [0.3, 0.4) is 0 Å². The molecule has 3 rings (SSSR count). The lowest BCUT2D eigenvalue weighted by Crippen LogP contribution is -2.33. The van der Waals surface area contributed by atoms with E-state index in [1.165, 1.54) is 24.3 Å². The van der Waals surface area contributed by atoms with Gasteiger partial charge >= 0.3 is 17.9 Å². The van der Waals surface area contributed by atoms with E-state index >= 15 is 0 Å². The molecule has 13 heteroatoms. The average Bonchev–Trinajstić information content (AvgIpc) is 2.89. The number of hydrogen-bond donors (Lipinski definition) is 8.